The molecule has 0 spiro atoms. The minimum Gasteiger partial charge on any atom is -0.305 e. The van der Waals surface area contributed by atoms with Crippen molar-refractivity contribution in [2.24, 2.45) is 0 Å². The van der Waals surface area contributed by atoms with Gasteiger partial charge >= 0.3 is 0 Å². The van der Waals surface area contributed by atoms with E-state index in [0.29, 0.717) is 17.1 Å². The molecule has 0 bridgehead atoms. The van der Waals surface area contributed by atoms with Gasteiger partial charge in [-0.25, -0.2) is 4.21 Å². The maximum Gasteiger partial charge on any atom is 0.259 e. The molecule has 3 rings (SSSR count). The topological polar surface area (TPSA) is 75.2 Å². The van der Waals surface area contributed by atoms with Gasteiger partial charge in [-0.3, -0.25) is 9.10 Å². The molecule has 1 atom stereocenters. The molecule has 0 aliphatic heterocycles. The van der Waals surface area contributed by atoms with E-state index in [4.69, 9.17) is 0 Å². The maximum absolute atomic E-state index is 12.6. The highest BCUT2D eigenvalue weighted by molar-refractivity contribution is 7.98. The molecule has 0 aliphatic carbocycles. The number of amides is 1. The third-order valence-electron chi connectivity index (χ3n) is 3.98. The summed E-state index contributed by atoms with van der Waals surface area (Å²) in [5.41, 5.74) is 2.22. The van der Waals surface area contributed by atoms with Gasteiger partial charge in [-0.15, -0.1) is 10.2 Å². The van der Waals surface area contributed by atoms with Crippen molar-refractivity contribution in [3.63, 3.8) is 0 Å². The Morgan fingerprint density at radius 1 is 1.04 bits per heavy atom. The Hall–Kier alpha value is -2.71. The van der Waals surface area contributed by atoms with Gasteiger partial charge in [0, 0.05) is 19.1 Å². The van der Waals surface area contributed by atoms with Crippen LogP contribution in [-0.2, 0) is 16.7 Å². The second-order valence-corrected chi connectivity index (χ2v) is 8.31. The molecule has 0 fully saturated rings. The number of rotatable bonds is 7. The van der Waals surface area contributed by atoms with Gasteiger partial charge in [-0.1, -0.05) is 54.2 Å². The van der Waals surface area contributed by atoms with Crippen LogP contribution in [-0.4, -0.2) is 33.6 Å². The SMILES string of the molecule is CN(c1ccccc1C(=O)Nc1ccc(SCc2ccccc2)nn1)S(C)=O. The van der Waals surface area contributed by atoms with Crippen molar-refractivity contribution in [2.45, 2.75) is 10.8 Å². The van der Waals surface area contributed by atoms with Crippen molar-refractivity contribution in [3.8, 4) is 0 Å². The highest BCUT2D eigenvalue weighted by atomic mass is 32.2. The number of nitrogens with one attached hydrogen (secondary N) is 1. The smallest absolute Gasteiger partial charge is 0.259 e. The van der Waals surface area contributed by atoms with Crippen LogP contribution < -0.4 is 9.62 Å². The minimum absolute atomic E-state index is 0.327. The first-order valence-electron chi connectivity index (χ1n) is 8.52. The molecular formula is C20H20N4O2S2. The summed E-state index contributed by atoms with van der Waals surface area (Å²) in [5, 5.41) is 11.8. The second kappa shape index (κ2) is 9.48. The van der Waals surface area contributed by atoms with Gasteiger partial charge in [0.25, 0.3) is 5.91 Å². The van der Waals surface area contributed by atoms with Crippen molar-refractivity contribution in [1.82, 2.24) is 10.2 Å². The molecule has 1 heterocycles. The first kappa shape index (κ1) is 20.0. The Balaban J connectivity index is 1.66. The van der Waals surface area contributed by atoms with Crippen LogP contribution in [0.4, 0.5) is 11.5 Å². The molecule has 8 heteroatoms. The molecule has 6 nitrogen and oxygen atoms in total. The van der Waals surface area contributed by atoms with Crippen LogP contribution >= 0.6 is 11.8 Å². The van der Waals surface area contributed by atoms with Crippen molar-refractivity contribution >= 4 is 40.2 Å². The summed E-state index contributed by atoms with van der Waals surface area (Å²) < 4.78 is 13.3. The number of carbonyl (C=O) groups is 1. The number of thioether (sulfide) groups is 1. The fourth-order valence-corrected chi connectivity index (χ4v) is 3.66. The fraction of sp³-hybridized carbons (Fsp3) is 0.150. The lowest BCUT2D eigenvalue weighted by atomic mass is 10.1. The van der Waals surface area contributed by atoms with E-state index >= 15 is 0 Å². The number of nitrogens with zero attached hydrogens (tertiary/aromatic N) is 3. The Labute approximate surface area is 171 Å². The lowest BCUT2D eigenvalue weighted by Crippen LogP contribution is -2.23. The summed E-state index contributed by atoms with van der Waals surface area (Å²) in [4.78, 5) is 12.6. The number of carbonyl (C=O) groups excluding carboxylic acids is 1. The number of hydrogen-bond acceptors (Lipinski definition) is 5. The molecule has 0 radical (unpaired) electrons. The molecule has 1 N–H and O–H groups in total. The van der Waals surface area contributed by atoms with E-state index in [1.54, 1.807) is 59.7 Å². The molecule has 0 saturated heterocycles. The van der Waals surface area contributed by atoms with Crippen LogP contribution in [0, 0.1) is 0 Å². The van der Waals surface area contributed by atoms with Crippen LogP contribution in [0.2, 0.25) is 0 Å². The molecule has 3 aromatic rings. The van der Waals surface area contributed by atoms with Crippen LogP contribution in [0.5, 0.6) is 0 Å². The quantitative estimate of drug-likeness (QED) is 0.598. The van der Waals surface area contributed by atoms with Crippen LogP contribution in [0.15, 0.2) is 71.8 Å². The van der Waals surface area contributed by atoms with Crippen molar-refractivity contribution in [1.29, 1.82) is 0 Å². The summed E-state index contributed by atoms with van der Waals surface area (Å²) in [5.74, 6) is 0.839. The fourth-order valence-electron chi connectivity index (χ4n) is 2.46. The molecule has 144 valence electrons. The first-order chi connectivity index (χ1) is 13.5. The second-order valence-electron chi connectivity index (χ2n) is 5.92. The minimum atomic E-state index is -1.23. The van der Waals surface area contributed by atoms with E-state index in [0.717, 1.165) is 10.8 Å². The molecule has 1 unspecified atom stereocenters. The average molecular weight is 413 g/mol. The Bertz CT molecular complexity index is 965. The van der Waals surface area contributed by atoms with Gasteiger partial charge in [0.1, 0.15) is 16.0 Å². The predicted molar refractivity (Wildman–Crippen MR) is 115 cm³/mol. The van der Waals surface area contributed by atoms with Crippen molar-refractivity contribution in [2.75, 3.05) is 22.9 Å². The average Bonchev–Trinajstić information content (AvgIpc) is 2.73. The molecule has 1 aromatic heterocycles. The third kappa shape index (κ3) is 5.17. The molecule has 1 amide bonds. The summed E-state index contributed by atoms with van der Waals surface area (Å²) in [6.07, 6.45) is 1.56. The number of anilines is 2. The van der Waals surface area contributed by atoms with Gasteiger partial charge < -0.3 is 5.32 Å². The van der Waals surface area contributed by atoms with E-state index in [1.807, 2.05) is 24.3 Å². The standard InChI is InChI=1S/C20H20N4O2S2/c1-24(28(2)26)17-11-7-6-10-16(17)20(25)21-18-12-13-19(23-22-18)27-14-15-8-4-3-5-9-15/h3-13H,14H2,1-2H3,(H,21,22,25). The lowest BCUT2D eigenvalue weighted by Gasteiger charge is -2.18. The van der Waals surface area contributed by atoms with E-state index in [2.05, 4.69) is 27.6 Å². The number of benzene rings is 2. The predicted octanol–water partition coefficient (Wildman–Crippen LogP) is 3.75. The number of para-hydroxylation sites is 1. The molecule has 2 aromatic carbocycles. The van der Waals surface area contributed by atoms with Crippen LogP contribution in [0.3, 0.4) is 0 Å². The van der Waals surface area contributed by atoms with E-state index < -0.39 is 11.0 Å². The van der Waals surface area contributed by atoms with Gasteiger partial charge in [0.15, 0.2) is 5.82 Å². The molecule has 0 saturated carbocycles. The molecule has 0 aliphatic rings. The Morgan fingerprint density at radius 2 is 1.75 bits per heavy atom. The Kier molecular flexibility index (Phi) is 6.78. The van der Waals surface area contributed by atoms with Gasteiger partial charge in [0.2, 0.25) is 0 Å². The van der Waals surface area contributed by atoms with Crippen LogP contribution in [0.1, 0.15) is 15.9 Å². The normalized spacial score (nSPS) is 11.6. The zero-order chi connectivity index (χ0) is 19.9. The van der Waals surface area contributed by atoms with Gasteiger partial charge in [-0.2, -0.15) is 0 Å². The monoisotopic (exact) mass is 412 g/mol. The van der Waals surface area contributed by atoms with E-state index in [9.17, 15) is 9.00 Å². The van der Waals surface area contributed by atoms with Crippen molar-refractivity contribution in [3.05, 3.63) is 77.9 Å². The number of aromatic nitrogens is 2. The first-order valence-corrected chi connectivity index (χ1v) is 11.0. The maximum atomic E-state index is 12.6. The summed E-state index contributed by atoms with van der Waals surface area (Å²) >= 11 is 1.58. The third-order valence-corrected chi connectivity index (χ3v) is 5.94. The molecule has 28 heavy (non-hydrogen) atoms. The summed E-state index contributed by atoms with van der Waals surface area (Å²) in [6.45, 7) is 0. The van der Waals surface area contributed by atoms with Gasteiger partial charge in [-0.05, 0) is 29.8 Å². The van der Waals surface area contributed by atoms with E-state index in [1.165, 1.54) is 5.56 Å². The lowest BCUT2D eigenvalue weighted by molar-refractivity contribution is 0.102. The largest absolute Gasteiger partial charge is 0.305 e. The van der Waals surface area contributed by atoms with Gasteiger partial charge in [0.05, 0.1) is 11.3 Å². The van der Waals surface area contributed by atoms with Crippen molar-refractivity contribution < 1.29 is 9.00 Å². The zero-order valence-electron chi connectivity index (χ0n) is 15.5. The molecular weight excluding hydrogens is 392 g/mol. The van der Waals surface area contributed by atoms with E-state index in [-0.39, 0.29) is 5.91 Å². The summed E-state index contributed by atoms with van der Waals surface area (Å²) in [7, 11) is 0.448. The van der Waals surface area contributed by atoms with Crippen LogP contribution in [0.25, 0.3) is 0 Å². The summed E-state index contributed by atoms with van der Waals surface area (Å²) in [6, 6.07) is 20.7. The Morgan fingerprint density at radius 3 is 2.43 bits per heavy atom. The number of hydrogen-bond donors (Lipinski definition) is 1. The highest BCUT2D eigenvalue weighted by Crippen LogP contribution is 2.23. The zero-order valence-corrected chi connectivity index (χ0v) is 17.2. The highest BCUT2D eigenvalue weighted by Gasteiger charge is 2.16.